The molecule has 0 fully saturated rings. The van der Waals surface area contributed by atoms with Crippen LogP contribution in [0.4, 0.5) is 0 Å². The van der Waals surface area contributed by atoms with Gasteiger partial charge in [0.2, 0.25) is 0 Å². The Bertz CT molecular complexity index is 286. The van der Waals surface area contributed by atoms with Crippen molar-refractivity contribution in [3.8, 4) is 0 Å². The van der Waals surface area contributed by atoms with Crippen molar-refractivity contribution in [3.05, 3.63) is 35.7 Å². The summed E-state index contributed by atoms with van der Waals surface area (Å²) in [6.07, 6.45) is 6.60. The number of aliphatic hydroxyl groups is 1. The van der Waals surface area contributed by atoms with E-state index >= 15 is 0 Å². The normalized spacial score (nSPS) is 10.9. The van der Waals surface area contributed by atoms with Crippen LogP contribution in [0, 0.1) is 0 Å². The molecule has 0 aliphatic carbocycles. The average Bonchev–Trinajstić information content (AvgIpc) is 2.19. The molecule has 0 saturated heterocycles. The Balaban J connectivity index is 2.66. The van der Waals surface area contributed by atoms with Crippen molar-refractivity contribution in [1.82, 2.24) is 4.98 Å². The molecule has 0 spiro atoms. The molecule has 0 radical (unpaired) electrons. The second-order valence-corrected chi connectivity index (χ2v) is 3.11. The molecule has 1 N–H and O–H groups in total. The van der Waals surface area contributed by atoms with Crippen molar-refractivity contribution in [1.29, 1.82) is 0 Å². The molecular formula is C10H13NOS. The van der Waals surface area contributed by atoms with E-state index in [1.54, 1.807) is 12.3 Å². The quantitative estimate of drug-likeness (QED) is 0.719. The zero-order valence-corrected chi connectivity index (χ0v) is 8.24. The van der Waals surface area contributed by atoms with E-state index < -0.39 is 0 Å². The van der Waals surface area contributed by atoms with Crippen molar-refractivity contribution in [2.45, 2.75) is 13.0 Å². The van der Waals surface area contributed by atoms with Crippen LogP contribution in [0.2, 0.25) is 0 Å². The number of thiol groups is 1. The molecule has 1 rings (SSSR count). The van der Waals surface area contributed by atoms with Crippen molar-refractivity contribution in [2.75, 3.05) is 5.75 Å². The fourth-order valence-electron chi connectivity index (χ4n) is 0.963. The van der Waals surface area contributed by atoms with Crippen LogP contribution in [-0.4, -0.2) is 15.8 Å². The van der Waals surface area contributed by atoms with Gasteiger partial charge in [-0.15, -0.1) is 0 Å². The first-order valence-electron chi connectivity index (χ1n) is 4.20. The summed E-state index contributed by atoms with van der Waals surface area (Å²) in [6.45, 7) is 0.0654. The van der Waals surface area contributed by atoms with Crippen LogP contribution in [0.15, 0.2) is 24.4 Å². The molecule has 2 nitrogen and oxygen atoms in total. The lowest BCUT2D eigenvalue weighted by molar-refractivity contribution is 0.281. The van der Waals surface area contributed by atoms with Crippen molar-refractivity contribution < 1.29 is 5.11 Å². The standard InChI is InChI=1S/C10H13NOS/c12-8-9-4-5-11-10(7-9)3-1-2-6-13/h1,3-5,7,12-13H,2,6,8H2. The van der Waals surface area contributed by atoms with E-state index in [2.05, 4.69) is 17.6 Å². The van der Waals surface area contributed by atoms with E-state index in [1.807, 2.05) is 18.2 Å². The van der Waals surface area contributed by atoms with E-state index in [-0.39, 0.29) is 6.61 Å². The van der Waals surface area contributed by atoms with Gasteiger partial charge in [-0.1, -0.05) is 6.08 Å². The minimum absolute atomic E-state index is 0.0654. The Kier molecular flexibility index (Phi) is 4.57. The second kappa shape index (κ2) is 5.78. The van der Waals surface area contributed by atoms with Gasteiger partial charge in [0.15, 0.2) is 0 Å². The van der Waals surface area contributed by atoms with Gasteiger partial charge in [0.1, 0.15) is 0 Å². The van der Waals surface area contributed by atoms with Gasteiger partial charge in [0.05, 0.1) is 12.3 Å². The highest BCUT2D eigenvalue weighted by atomic mass is 32.1. The van der Waals surface area contributed by atoms with Gasteiger partial charge in [-0.25, -0.2) is 0 Å². The van der Waals surface area contributed by atoms with Crippen LogP contribution < -0.4 is 0 Å². The minimum atomic E-state index is 0.0654. The molecule has 3 heteroatoms. The molecule has 13 heavy (non-hydrogen) atoms. The van der Waals surface area contributed by atoms with E-state index in [9.17, 15) is 0 Å². The van der Waals surface area contributed by atoms with Gasteiger partial charge < -0.3 is 5.11 Å². The average molecular weight is 195 g/mol. The Hall–Kier alpha value is -0.800. The highest BCUT2D eigenvalue weighted by Gasteiger charge is 1.91. The van der Waals surface area contributed by atoms with Crippen LogP contribution in [0.1, 0.15) is 17.7 Å². The van der Waals surface area contributed by atoms with E-state index in [0.717, 1.165) is 23.4 Å². The lowest BCUT2D eigenvalue weighted by Crippen LogP contribution is -1.86. The number of hydrogen-bond acceptors (Lipinski definition) is 3. The predicted octanol–water partition coefficient (Wildman–Crippen LogP) is 1.91. The van der Waals surface area contributed by atoms with Crippen LogP contribution in [0.25, 0.3) is 6.08 Å². The smallest absolute Gasteiger partial charge is 0.0683 e. The zero-order chi connectivity index (χ0) is 9.52. The summed E-state index contributed by atoms with van der Waals surface area (Å²) in [5, 5.41) is 8.87. The van der Waals surface area contributed by atoms with Crippen LogP contribution in [-0.2, 0) is 6.61 Å². The number of aliphatic hydroxyl groups excluding tert-OH is 1. The summed E-state index contributed by atoms with van der Waals surface area (Å²) in [4.78, 5) is 4.14. The second-order valence-electron chi connectivity index (χ2n) is 2.66. The lowest BCUT2D eigenvalue weighted by atomic mass is 10.2. The molecule has 0 aliphatic heterocycles. The van der Waals surface area contributed by atoms with E-state index in [4.69, 9.17) is 5.11 Å². The van der Waals surface area contributed by atoms with Crippen molar-refractivity contribution in [2.24, 2.45) is 0 Å². The Morgan fingerprint density at radius 3 is 3.08 bits per heavy atom. The van der Waals surface area contributed by atoms with Gasteiger partial charge in [0, 0.05) is 6.20 Å². The fourth-order valence-corrected chi connectivity index (χ4v) is 1.11. The molecule has 1 heterocycles. The van der Waals surface area contributed by atoms with Gasteiger partial charge in [-0.05, 0) is 35.9 Å². The lowest BCUT2D eigenvalue weighted by Gasteiger charge is -1.96. The topological polar surface area (TPSA) is 33.1 Å². The van der Waals surface area contributed by atoms with E-state index in [0.29, 0.717) is 0 Å². The molecule has 0 unspecified atom stereocenters. The van der Waals surface area contributed by atoms with Gasteiger partial charge >= 0.3 is 0 Å². The van der Waals surface area contributed by atoms with Gasteiger partial charge in [0.25, 0.3) is 0 Å². The SMILES string of the molecule is OCc1ccnc(C=CCCS)c1. The molecule has 0 bridgehead atoms. The third kappa shape index (κ3) is 3.61. The van der Waals surface area contributed by atoms with Crippen LogP contribution in [0.5, 0.6) is 0 Å². The predicted molar refractivity (Wildman–Crippen MR) is 57.7 cm³/mol. The maximum absolute atomic E-state index is 8.87. The van der Waals surface area contributed by atoms with Gasteiger partial charge in [-0.2, -0.15) is 12.6 Å². The van der Waals surface area contributed by atoms with Crippen molar-refractivity contribution >= 4 is 18.7 Å². The number of aromatic nitrogens is 1. The Labute approximate surface area is 83.7 Å². The third-order valence-corrected chi connectivity index (χ3v) is 1.87. The first-order chi connectivity index (χ1) is 6.36. The maximum atomic E-state index is 8.87. The summed E-state index contributed by atoms with van der Waals surface area (Å²) in [5.74, 6) is 0.843. The summed E-state index contributed by atoms with van der Waals surface area (Å²) in [5.41, 5.74) is 1.77. The maximum Gasteiger partial charge on any atom is 0.0683 e. The largest absolute Gasteiger partial charge is 0.392 e. The minimum Gasteiger partial charge on any atom is -0.392 e. The number of nitrogens with zero attached hydrogens (tertiary/aromatic N) is 1. The first kappa shape index (κ1) is 10.3. The van der Waals surface area contributed by atoms with Gasteiger partial charge in [-0.3, -0.25) is 4.98 Å². The summed E-state index contributed by atoms with van der Waals surface area (Å²) in [6, 6.07) is 3.67. The molecule has 70 valence electrons. The molecule has 1 aromatic heterocycles. The monoisotopic (exact) mass is 195 g/mol. The summed E-state index contributed by atoms with van der Waals surface area (Å²) < 4.78 is 0. The van der Waals surface area contributed by atoms with Crippen LogP contribution in [0.3, 0.4) is 0 Å². The fraction of sp³-hybridized carbons (Fsp3) is 0.300. The number of rotatable bonds is 4. The van der Waals surface area contributed by atoms with E-state index in [1.165, 1.54) is 0 Å². The van der Waals surface area contributed by atoms with Crippen molar-refractivity contribution in [3.63, 3.8) is 0 Å². The molecule has 0 aromatic carbocycles. The number of hydrogen-bond donors (Lipinski definition) is 2. The molecule has 0 amide bonds. The number of pyridine rings is 1. The summed E-state index contributed by atoms with van der Waals surface area (Å²) >= 11 is 4.09. The molecule has 1 aromatic rings. The zero-order valence-electron chi connectivity index (χ0n) is 7.35. The molecular weight excluding hydrogens is 182 g/mol. The summed E-state index contributed by atoms with van der Waals surface area (Å²) in [7, 11) is 0. The molecule has 0 saturated carbocycles. The Morgan fingerprint density at radius 2 is 2.38 bits per heavy atom. The molecule has 0 aliphatic rings. The highest BCUT2D eigenvalue weighted by molar-refractivity contribution is 7.80. The molecule has 0 atom stereocenters. The highest BCUT2D eigenvalue weighted by Crippen LogP contribution is 2.04. The third-order valence-electron chi connectivity index (χ3n) is 1.61. The Morgan fingerprint density at radius 1 is 1.54 bits per heavy atom. The first-order valence-corrected chi connectivity index (χ1v) is 4.83. The van der Waals surface area contributed by atoms with Crippen LogP contribution >= 0.6 is 12.6 Å². The number of allylic oxidation sites excluding steroid dienone is 1.